The molecule has 3 amide bonds. The number of nitrogens with zero attached hydrogens (tertiary/aromatic N) is 2. The molecule has 0 saturated carbocycles. The summed E-state index contributed by atoms with van der Waals surface area (Å²) < 4.78 is 76.5. The van der Waals surface area contributed by atoms with Crippen LogP contribution in [0.15, 0.2) is 42.5 Å². The van der Waals surface area contributed by atoms with Crippen molar-refractivity contribution >= 4 is 33.3 Å². The molecule has 0 bridgehead atoms. The fourth-order valence-corrected chi connectivity index (χ4v) is 5.31. The van der Waals surface area contributed by atoms with Gasteiger partial charge in [0.1, 0.15) is 5.75 Å². The summed E-state index contributed by atoms with van der Waals surface area (Å²) in [6.07, 6.45) is -2.12. The number of sulfonamides is 1. The summed E-state index contributed by atoms with van der Waals surface area (Å²) in [4.78, 5) is 28.4. The van der Waals surface area contributed by atoms with Gasteiger partial charge in [-0.15, -0.1) is 0 Å². The lowest BCUT2D eigenvalue weighted by atomic mass is 10.0. The lowest BCUT2D eigenvalue weighted by Crippen LogP contribution is -2.47. The first-order chi connectivity index (χ1) is 21.5. The van der Waals surface area contributed by atoms with Gasteiger partial charge in [0.25, 0.3) is 5.91 Å². The number of aliphatic hydroxyl groups is 1. The van der Waals surface area contributed by atoms with Crippen molar-refractivity contribution in [3.05, 3.63) is 53.6 Å². The molecular weight excluding hydrogens is 629 g/mol. The third kappa shape index (κ3) is 10.6. The lowest BCUT2D eigenvalue weighted by molar-refractivity contribution is -0.137. The van der Waals surface area contributed by atoms with Gasteiger partial charge in [0, 0.05) is 44.0 Å². The summed E-state index contributed by atoms with van der Waals surface area (Å²) in [6, 6.07) is 7.12. The molecule has 3 rings (SSSR count). The Kier molecular flexibility index (Phi) is 12.8. The lowest BCUT2D eigenvalue weighted by Gasteiger charge is -2.35. The molecule has 15 heteroatoms. The highest BCUT2D eigenvalue weighted by atomic mass is 32.2. The second-order valence-electron chi connectivity index (χ2n) is 11.7. The van der Waals surface area contributed by atoms with Crippen LogP contribution in [0.3, 0.4) is 0 Å². The smallest absolute Gasteiger partial charge is 0.416 e. The number of likely N-dealkylation sites (N-methyl/N-ethyl adjacent to an activating group) is 1. The monoisotopic (exact) mass is 672 g/mol. The maximum absolute atomic E-state index is 14.2. The number of urea groups is 1. The fraction of sp³-hybridized carbons (Fsp3) is 0.548. The van der Waals surface area contributed by atoms with Gasteiger partial charge in [0.2, 0.25) is 10.0 Å². The van der Waals surface area contributed by atoms with E-state index in [-0.39, 0.29) is 54.4 Å². The summed E-state index contributed by atoms with van der Waals surface area (Å²) >= 11 is 0. The van der Waals surface area contributed by atoms with Gasteiger partial charge in [-0.05, 0) is 75.6 Å². The number of carbonyl (C=O) groups excluding carboxylic acids is 2. The number of amides is 3. The average molecular weight is 673 g/mol. The van der Waals surface area contributed by atoms with Crippen LogP contribution in [0.25, 0.3) is 0 Å². The second-order valence-corrected chi connectivity index (χ2v) is 13.8. The van der Waals surface area contributed by atoms with Crippen LogP contribution in [0.2, 0.25) is 0 Å². The quantitative estimate of drug-likeness (QED) is 0.375. The molecule has 46 heavy (non-hydrogen) atoms. The Morgan fingerprint density at radius 2 is 1.74 bits per heavy atom. The summed E-state index contributed by atoms with van der Waals surface area (Å²) in [5.74, 6) is -0.561. The Morgan fingerprint density at radius 1 is 1.11 bits per heavy atom. The number of fused-ring (bicyclic) bond motifs is 1. The number of ether oxygens (including phenoxy) is 2. The zero-order chi connectivity index (χ0) is 34.2. The predicted molar refractivity (Wildman–Crippen MR) is 168 cm³/mol. The Bertz CT molecular complexity index is 1440. The Morgan fingerprint density at radius 3 is 2.35 bits per heavy atom. The standard InChI is InChI=1S/C31H43F3N4O7S/c1-20-17-38(21(2)19-39)29(40)26-16-25(36-30(41)35-24-11-9-23(10-12-24)31(32,33)34)13-14-27(26)45-22(3)8-6-7-15-44-28(20)18-37(4)46(5,42)43/h9-14,16,20-22,28,39H,6-8,15,17-19H2,1-5H3,(H2,35,36,41)/t20-,21+,22+,28+/m0/s1. The minimum absolute atomic E-state index is 0.0771. The van der Waals surface area contributed by atoms with Crippen LogP contribution in [-0.2, 0) is 20.9 Å². The molecule has 0 fully saturated rings. The first-order valence-electron chi connectivity index (χ1n) is 15.0. The number of benzene rings is 2. The van der Waals surface area contributed by atoms with Gasteiger partial charge in [-0.25, -0.2) is 17.5 Å². The van der Waals surface area contributed by atoms with Gasteiger partial charge in [-0.2, -0.15) is 13.2 Å². The normalized spacial score (nSPS) is 21.1. The van der Waals surface area contributed by atoms with Crippen LogP contribution in [0.5, 0.6) is 5.75 Å². The molecule has 0 radical (unpaired) electrons. The number of hydrogen-bond acceptors (Lipinski definition) is 7. The molecule has 1 aliphatic heterocycles. The third-order valence-corrected chi connectivity index (χ3v) is 9.06. The van der Waals surface area contributed by atoms with Gasteiger partial charge >= 0.3 is 12.2 Å². The van der Waals surface area contributed by atoms with Crippen molar-refractivity contribution in [1.82, 2.24) is 9.21 Å². The molecular formula is C31H43F3N4O7S. The van der Waals surface area contributed by atoms with E-state index in [1.807, 2.05) is 13.8 Å². The van der Waals surface area contributed by atoms with Gasteiger partial charge in [0.05, 0.1) is 42.2 Å². The first kappa shape index (κ1) is 37.1. The molecule has 11 nitrogen and oxygen atoms in total. The molecule has 1 heterocycles. The Labute approximate surface area is 268 Å². The molecule has 4 atom stereocenters. The third-order valence-electron chi connectivity index (χ3n) is 7.78. The van der Waals surface area contributed by atoms with Crippen LogP contribution >= 0.6 is 0 Å². The van der Waals surface area contributed by atoms with Crippen molar-refractivity contribution in [3.8, 4) is 5.75 Å². The minimum atomic E-state index is -4.51. The molecule has 2 aromatic rings. The zero-order valence-corrected chi connectivity index (χ0v) is 27.5. The molecule has 2 aromatic carbocycles. The number of nitrogens with one attached hydrogen (secondary N) is 2. The van der Waals surface area contributed by atoms with E-state index < -0.39 is 45.8 Å². The highest BCUT2D eigenvalue weighted by Gasteiger charge is 2.32. The highest BCUT2D eigenvalue weighted by molar-refractivity contribution is 7.88. The van der Waals surface area contributed by atoms with Gasteiger partial charge in [0.15, 0.2) is 0 Å². The molecule has 1 aliphatic rings. The Balaban J connectivity index is 1.92. The average Bonchev–Trinajstić information content (AvgIpc) is 2.97. The summed E-state index contributed by atoms with van der Waals surface area (Å²) in [5, 5.41) is 15.1. The van der Waals surface area contributed by atoms with Crippen molar-refractivity contribution in [3.63, 3.8) is 0 Å². The number of aliphatic hydroxyl groups excluding tert-OH is 1. The molecule has 0 aromatic heterocycles. The summed E-state index contributed by atoms with van der Waals surface area (Å²) in [7, 11) is -2.02. The summed E-state index contributed by atoms with van der Waals surface area (Å²) in [5.41, 5.74) is -0.384. The van der Waals surface area contributed by atoms with E-state index in [1.54, 1.807) is 19.1 Å². The number of rotatable bonds is 7. The maximum atomic E-state index is 14.2. The number of anilines is 2. The first-order valence-corrected chi connectivity index (χ1v) is 16.8. The van der Waals surface area contributed by atoms with Crippen molar-refractivity contribution in [2.45, 2.75) is 64.5 Å². The van der Waals surface area contributed by atoms with Crippen molar-refractivity contribution in [2.75, 3.05) is 50.2 Å². The maximum Gasteiger partial charge on any atom is 0.416 e. The number of alkyl halides is 3. The van der Waals surface area contributed by atoms with E-state index in [9.17, 15) is 36.3 Å². The molecule has 3 N–H and O–H groups in total. The molecule has 0 spiro atoms. The SMILES string of the molecule is C[C@@H]1CCCCO[C@H](CN(C)S(C)(=O)=O)[C@@H](C)CN([C@H](C)CO)C(=O)c2cc(NC(=O)Nc3ccc(C(F)(F)F)cc3)ccc2O1. The van der Waals surface area contributed by atoms with Crippen LogP contribution in [0.1, 0.15) is 56.0 Å². The molecule has 256 valence electrons. The molecule has 0 aliphatic carbocycles. The number of carbonyl (C=O) groups is 2. The van der Waals surface area contributed by atoms with Gasteiger partial charge < -0.3 is 30.1 Å². The van der Waals surface area contributed by atoms with E-state index in [2.05, 4.69) is 10.6 Å². The van der Waals surface area contributed by atoms with E-state index >= 15 is 0 Å². The number of hydrogen-bond donors (Lipinski definition) is 3. The topological polar surface area (TPSA) is 138 Å². The second kappa shape index (κ2) is 15.9. The van der Waals surface area contributed by atoms with Gasteiger partial charge in [-0.1, -0.05) is 6.92 Å². The van der Waals surface area contributed by atoms with Crippen LogP contribution < -0.4 is 15.4 Å². The fourth-order valence-electron chi connectivity index (χ4n) is 4.89. The predicted octanol–water partition coefficient (Wildman–Crippen LogP) is 5.04. The van der Waals surface area contributed by atoms with Crippen LogP contribution in [0, 0.1) is 5.92 Å². The van der Waals surface area contributed by atoms with E-state index in [4.69, 9.17) is 9.47 Å². The largest absolute Gasteiger partial charge is 0.490 e. The van der Waals surface area contributed by atoms with Crippen molar-refractivity contribution in [2.24, 2.45) is 5.92 Å². The molecule has 0 unspecified atom stereocenters. The van der Waals surface area contributed by atoms with Crippen molar-refractivity contribution < 1.29 is 45.8 Å². The number of halogens is 3. The molecule has 0 saturated heterocycles. The van der Waals surface area contributed by atoms with Crippen LogP contribution in [0.4, 0.5) is 29.3 Å². The highest BCUT2D eigenvalue weighted by Crippen LogP contribution is 2.31. The van der Waals surface area contributed by atoms with Crippen LogP contribution in [-0.4, -0.2) is 92.5 Å². The van der Waals surface area contributed by atoms with E-state index in [0.29, 0.717) is 19.4 Å². The zero-order valence-electron chi connectivity index (χ0n) is 26.6. The minimum Gasteiger partial charge on any atom is -0.490 e. The Hall–Kier alpha value is -3.40. The van der Waals surface area contributed by atoms with Crippen molar-refractivity contribution in [1.29, 1.82) is 0 Å². The van der Waals surface area contributed by atoms with Gasteiger partial charge in [-0.3, -0.25) is 4.79 Å². The summed E-state index contributed by atoms with van der Waals surface area (Å²) in [6.45, 7) is 5.62. The van der Waals surface area contributed by atoms with E-state index in [1.165, 1.54) is 22.3 Å². The van der Waals surface area contributed by atoms with E-state index in [0.717, 1.165) is 36.9 Å².